The van der Waals surface area contributed by atoms with Crippen molar-refractivity contribution in [3.63, 3.8) is 0 Å². The maximum atomic E-state index is 11.6. The lowest BCUT2D eigenvalue weighted by atomic mass is 10.2. The van der Waals surface area contributed by atoms with Gasteiger partial charge < -0.3 is 16.2 Å². The van der Waals surface area contributed by atoms with Gasteiger partial charge in [0, 0.05) is 16.9 Å². The van der Waals surface area contributed by atoms with Crippen molar-refractivity contribution in [2.75, 3.05) is 18.9 Å². The first-order valence-electron chi connectivity index (χ1n) is 4.89. The highest BCUT2D eigenvalue weighted by Gasteiger charge is 2.09. The third-order valence-electron chi connectivity index (χ3n) is 2.16. The zero-order chi connectivity index (χ0) is 11.5. The van der Waals surface area contributed by atoms with Crippen molar-refractivity contribution in [2.45, 2.75) is 0 Å². The Balaban J connectivity index is 2.28. The van der Waals surface area contributed by atoms with Crippen LogP contribution in [0.2, 0.25) is 0 Å². The fraction of sp³-hybridized carbons (Fsp3) is 0.182. The van der Waals surface area contributed by atoms with Gasteiger partial charge in [0.25, 0.3) is 5.91 Å². The molecular weight excluding hydrogens is 224 g/mol. The first kappa shape index (κ1) is 10.9. The number of nitrogens with two attached hydrogens (primary N) is 1. The molecule has 4 nitrogen and oxygen atoms in total. The maximum Gasteiger partial charge on any atom is 0.261 e. The van der Waals surface area contributed by atoms with Gasteiger partial charge in [-0.3, -0.25) is 4.79 Å². The molecule has 0 radical (unpaired) electrons. The number of nitrogen functional groups attached to an aromatic ring is 1. The molecule has 0 spiro atoms. The van der Waals surface area contributed by atoms with Crippen molar-refractivity contribution in [2.24, 2.45) is 0 Å². The van der Waals surface area contributed by atoms with Gasteiger partial charge in [0.05, 0.1) is 11.5 Å². The highest BCUT2D eigenvalue weighted by Crippen LogP contribution is 2.27. The van der Waals surface area contributed by atoms with E-state index in [1.165, 1.54) is 11.3 Å². The summed E-state index contributed by atoms with van der Waals surface area (Å²) in [4.78, 5) is 12.2. The molecule has 16 heavy (non-hydrogen) atoms. The standard InChI is InChI=1S/C11H12N2O2S/c12-8-1-2-9-7(5-8)6-10(16-9)11(15)13-3-4-14/h1-2,5-6,14H,3-4,12H2,(H,13,15). The summed E-state index contributed by atoms with van der Waals surface area (Å²) in [5, 5.41) is 12.2. The van der Waals surface area contributed by atoms with Gasteiger partial charge in [-0.2, -0.15) is 0 Å². The molecule has 1 aromatic heterocycles. The van der Waals surface area contributed by atoms with Gasteiger partial charge in [0.15, 0.2) is 0 Å². The van der Waals surface area contributed by atoms with E-state index >= 15 is 0 Å². The Labute approximate surface area is 96.7 Å². The summed E-state index contributed by atoms with van der Waals surface area (Å²) in [5.41, 5.74) is 6.35. The minimum atomic E-state index is -0.158. The van der Waals surface area contributed by atoms with E-state index in [1.54, 1.807) is 0 Å². The molecule has 5 heteroatoms. The van der Waals surface area contributed by atoms with E-state index in [9.17, 15) is 4.79 Å². The summed E-state index contributed by atoms with van der Waals surface area (Å²) in [6.07, 6.45) is 0. The molecule has 0 fully saturated rings. The number of hydrogen-bond acceptors (Lipinski definition) is 4. The van der Waals surface area contributed by atoms with Crippen molar-refractivity contribution >= 4 is 33.0 Å². The van der Waals surface area contributed by atoms with Gasteiger partial charge in [-0.05, 0) is 29.7 Å². The molecule has 4 N–H and O–H groups in total. The fourth-order valence-electron chi connectivity index (χ4n) is 1.43. The Bertz CT molecular complexity index is 522. The van der Waals surface area contributed by atoms with E-state index in [4.69, 9.17) is 10.8 Å². The van der Waals surface area contributed by atoms with Crippen molar-refractivity contribution in [3.8, 4) is 0 Å². The third-order valence-corrected chi connectivity index (χ3v) is 3.28. The summed E-state index contributed by atoms with van der Waals surface area (Å²) in [7, 11) is 0. The quantitative estimate of drug-likeness (QED) is 0.701. The van der Waals surface area contributed by atoms with E-state index in [0.717, 1.165) is 10.1 Å². The largest absolute Gasteiger partial charge is 0.399 e. The van der Waals surface area contributed by atoms with Gasteiger partial charge in [0.2, 0.25) is 0 Å². The number of carbonyl (C=O) groups is 1. The Morgan fingerprint density at radius 3 is 3.00 bits per heavy atom. The lowest BCUT2D eigenvalue weighted by Crippen LogP contribution is -2.25. The number of nitrogens with one attached hydrogen (secondary N) is 1. The average molecular weight is 236 g/mol. The van der Waals surface area contributed by atoms with Gasteiger partial charge in [0.1, 0.15) is 0 Å². The molecule has 0 aliphatic rings. The number of anilines is 1. The molecule has 1 amide bonds. The first-order valence-corrected chi connectivity index (χ1v) is 5.70. The predicted molar refractivity (Wildman–Crippen MR) is 65.7 cm³/mol. The van der Waals surface area contributed by atoms with E-state index in [1.807, 2.05) is 24.3 Å². The summed E-state index contributed by atoms with van der Waals surface area (Å²) >= 11 is 1.42. The lowest BCUT2D eigenvalue weighted by Gasteiger charge is -1.98. The zero-order valence-electron chi connectivity index (χ0n) is 8.56. The lowest BCUT2D eigenvalue weighted by molar-refractivity contribution is 0.0949. The SMILES string of the molecule is Nc1ccc2sc(C(=O)NCCO)cc2c1. The third kappa shape index (κ3) is 2.15. The average Bonchev–Trinajstić information content (AvgIpc) is 2.68. The summed E-state index contributed by atoms with van der Waals surface area (Å²) < 4.78 is 1.03. The molecule has 0 aliphatic carbocycles. The van der Waals surface area contributed by atoms with Crippen LogP contribution < -0.4 is 11.1 Å². The molecule has 2 rings (SSSR count). The Kier molecular flexibility index (Phi) is 3.07. The van der Waals surface area contributed by atoms with E-state index in [-0.39, 0.29) is 19.1 Å². The van der Waals surface area contributed by atoms with Crippen LogP contribution >= 0.6 is 11.3 Å². The fourth-order valence-corrected chi connectivity index (χ4v) is 2.39. The first-order chi connectivity index (χ1) is 7.70. The number of aliphatic hydroxyl groups is 1. The van der Waals surface area contributed by atoms with Gasteiger partial charge in [-0.15, -0.1) is 11.3 Å². The molecule has 1 aromatic carbocycles. The van der Waals surface area contributed by atoms with Gasteiger partial charge >= 0.3 is 0 Å². The van der Waals surface area contributed by atoms with Crippen LogP contribution in [0.25, 0.3) is 10.1 Å². The molecule has 0 saturated carbocycles. The molecule has 0 bridgehead atoms. The molecular formula is C11H12N2O2S. The second-order valence-corrected chi connectivity index (χ2v) is 4.47. The summed E-state index contributed by atoms with van der Waals surface area (Å²) in [6, 6.07) is 7.37. The molecule has 0 atom stereocenters. The Hall–Kier alpha value is -1.59. The van der Waals surface area contributed by atoms with Crippen LogP contribution in [0.1, 0.15) is 9.67 Å². The number of thiophene rings is 1. The molecule has 0 saturated heterocycles. The van der Waals surface area contributed by atoms with Gasteiger partial charge in [-0.25, -0.2) is 0 Å². The number of aliphatic hydroxyl groups excluding tert-OH is 1. The van der Waals surface area contributed by atoms with Crippen LogP contribution in [0, 0.1) is 0 Å². The molecule has 0 aliphatic heterocycles. The normalized spacial score (nSPS) is 10.6. The van der Waals surface area contributed by atoms with Crippen LogP contribution in [-0.4, -0.2) is 24.2 Å². The van der Waals surface area contributed by atoms with Crippen molar-refractivity contribution < 1.29 is 9.90 Å². The molecule has 2 aromatic rings. The second kappa shape index (κ2) is 4.51. The number of rotatable bonds is 3. The smallest absolute Gasteiger partial charge is 0.261 e. The summed E-state index contributed by atoms with van der Waals surface area (Å²) in [5.74, 6) is -0.158. The van der Waals surface area contributed by atoms with Crippen LogP contribution in [-0.2, 0) is 0 Å². The maximum absolute atomic E-state index is 11.6. The van der Waals surface area contributed by atoms with Crippen LogP contribution in [0.5, 0.6) is 0 Å². The van der Waals surface area contributed by atoms with Crippen LogP contribution in [0.4, 0.5) is 5.69 Å². The highest BCUT2D eigenvalue weighted by atomic mass is 32.1. The minimum absolute atomic E-state index is 0.0520. The number of fused-ring (bicyclic) bond motifs is 1. The van der Waals surface area contributed by atoms with E-state index in [2.05, 4.69) is 5.32 Å². The highest BCUT2D eigenvalue weighted by molar-refractivity contribution is 7.20. The number of amides is 1. The molecule has 0 unspecified atom stereocenters. The molecule has 84 valence electrons. The van der Waals surface area contributed by atoms with E-state index < -0.39 is 0 Å². The number of carbonyl (C=O) groups excluding carboxylic acids is 1. The summed E-state index contributed by atoms with van der Waals surface area (Å²) in [6.45, 7) is 0.221. The van der Waals surface area contributed by atoms with Crippen molar-refractivity contribution in [3.05, 3.63) is 29.1 Å². The van der Waals surface area contributed by atoms with Crippen LogP contribution in [0.15, 0.2) is 24.3 Å². The number of hydrogen-bond donors (Lipinski definition) is 3. The van der Waals surface area contributed by atoms with Crippen molar-refractivity contribution in [1.82, 2.24) is 5.32 Å². The monoisotopic (exact) mass is 236 g/mol. The van der Waals surface area contributed by atoms with E-state index in [0.29, 0.717) is 10.6 Å². The predicted octanol–water partition coefficient (Wildman–Crippen LogP) is 1.21. The molecule has 1 heterocycles. The second-order valence-electron chi connectivity index (χ2n) is 3.39. The van der Waals surface area contributed by atoms with Gasteiger partial charge in [-0.1, -0.05) is 0 Å². The van der Waals surface area contributed by atoms with Crippen molar-refractivity contribution in [1.29, 1.82) is 0 Å². The Morgan fingerprint density at radius 1 is 1.44 bits per heavy atom. The van der Waals surface area contributed by atoms with Crippen LogP contribution in [0.3, 0.4) is 0 Å². The topological polar surface area (TPSA) is 75.4 Å². The number of benzene rings is 1. The minimum Gasteiger partial charge on any atom is -0.399 e. The zero-order valence-corrected chi connectivity index (χ0v) is 9.38. The Morgan fingerprint density at radius 2 is 2.25 bits per heavy atom.